The summed E-state index contributed by atoms with van der Waals surface area (Å²) in [6.07, 6.45) is 0. The Morgan fingerprint density at radius 3 is 2.53 bits per heavy atom. The number of amides is 3. The first-order valence-corrected chi connectivity index (χ1v) is 4.82. The molecule has 15 heavy (non-hydrogen) atoms. The Morgan fingerprint density at radius 1 is 1.40 bits per heavy atom. The van der Waals surface area contributed by atoms with Crippen molar-refractivity contribution in [2.24, 2.45) is 0 Å². The molecule has 0 aromatic carbocycles. The number of aliphatic hydroxyl groups is 1. The number of ether oxygens (including phenoxy) is 1. The number of rotatable bonds is 5. The molecule has 0 spiro atoms. The van der Waals surface area contributed by atoms with Crippen LogP contribution in [0, 0.1) is 0 Å². The third-order valence-electron chi connectivity index (χ3n) is 2.39. The Balaban J connectivity index is 2.46. The smallest absolute Gasteiger partial charge is 0.325 e. The molecule has 1 fully saturated rings. The number of hydrogen-bond donors (Lipinski definition) is 2. The summed E-state index contributed by atoms with van der Waals surface area (Å²) in [5.41, 5.74) is -0.820. The maximum Gasteiger partial charge on any atom is 0.325 e. The summed E-state index contributed by atoms with van der Waals surface area (Å²) in [7, 11) is 0. The minimum Gasteiger partial charge on any atom is -0.394 e. The van der Waals surface area contributed by atoms with Crippen LogP contribution >= 0.6 is 0 Å². The van der Waals surface area contributed by atoms with E-state index in [1.807, 2.05) is 0 Å². The number of imide groups is 1. The summed E-state index contributed by atoms with van der Waals surface area (Å²) in [5.74, 6) is -0.297. The van der Waals surface area contributed by atoms with Gasteiger partial charge in [-0.05, 0) is 13.8 Å². The molecule has 0 atom stereocenters. The van der Waals surface area contributed by atoms with E-state index in [-0.39, 0.29) is 19.1 Å². The van der Waals surface area contributed by atoms with Crippen LogP contribution in [0.1, 0.15) is 13.8 Å². The topological polar surface area (TPSA) is 78.9 Å². The summed E-state index contributed by atoms with van der Waals surface area (Å²) in [4.78, 5) is 24.1. The van der Waals surface area contributed by atoms with Gasteiger partial charge in [0.25, 0.3) is 5.91 Å². The monoisotopic (exact) mass is 216 g/mol. The average molecular weight is 216 g/mol. The van der Waals surface area contributed by atoms with E-state index in [9.17, 15) is 9.59 Å². The van der Waals surface area contributed by atoms with Crippen molar-refractivity contribution in [3.8, 4) is 0 Å². The molecule has 0 saturated carbocycles. The fraction of sp³-hybridized carbons (Fsp3) is 0.778. The van der Waals surface area contributed by atoms with E-state index in [0.29, 0.717) is 13.2 Å². The second kappa shape index (κ2) is 4.59. The number of hydrogen-bond acceptors (Lipinski definition) is 4. The number of urea groups is 1. The second-order valence-corrected chi connectivity index (χ2v) is 3.81. The van der Waals surface area contributed by atoms with Gasteiger partial charge in [-0.15, -0.1) is 0 Å². The number of aliphatic hydroxyl groups excluding tert-OH is 1. The van der Waals surface area contributed by atoms with Crippen molar-refractivity contribution in [1.82, 2.24) is 10.2 Å². The molecule has 3 amide bonds. The van der Waals surface area contributed by atoms with E-state index in [4.69, 9.17) is 9.84 Å². The van der Waals surface area contributed by atoms with E-state index in [0.717, 1.165) is 0 Å². The first-order chi connectivity index (χ1) is 7.00. The van der Waals surface area contributed by atoms with Gasteiger partial charge < -0.3 is 14.7 Å². The zero-order chi connectivity index (χ0) is 11.5. The van der Waals surface area contributed by atoms with Crippen molar-refractivity contribution >= 4 is 11.9 Å². The third kappa shape index (κ3) is 2.45. The predicted octanol–water partition coefficient (Wildman–Crippen LogP) is -0.674. The molecular weight excluding hydrogens is 200 g/mol. The number of nitrogens with zero attached hydrogens (tertiary/aromatic N) is 1. The quantitative estimate of drug-likeness (QED) is 0.471. The van der Waals surface area contributed by atoms with Gasteiger partial charge in [-0.2, -0.15) is 0 Å². The molecule has 0 bridgehead atoms. The van der Waals surface area contributed by atoms with Crippen molar-refractivity contribution in [2.75, 3.05) is 26.4 Å². The minimum absolute atomic E-state index is 0.0471. The van der Waals surface area contributed by atoms with Crippen LogP contribution in [0.25, 0.3) is 0 Å². The largest absolute Gasteiger partial charge is 0.394 e. The van der Waals surface area contributed by atoms with Crippen LogP contribution < -0.4 is 5.32 Å². The van der Waals surface area contributed by atoms with E-state index >= 15 is 0 Å². The first kappa shape index (κ1) is 11.9. The fourth-order valence-electron chi connectivity index (χ4n) is 1.40. The van der Waals surface area contributed by atoms with E-state index in [1.165, 1.54) is 4.90 Å². The van der Waals surface area contributed by atoms with Crippen molar-refractivity contribution in [3.63, 3.8) is 0 Å². The van der Waals surface area contributed by atoms with Gasteiger partial charge in [0.2, 0.25) is 0 Å². The lowest BCUT2D eigenvalue weighted by atomic mass is 10.1. The lowest BCUT2D eigenvalue weighted by Crippen LogP contribution is -2.45. The van der Waals surface area contributed by atoms with Crippen LogP contribution in [0.5, 0.6) is 0 Å². The van der Waals surface area contributed by atoms with Crippen molar-refractivity contribution in [3.05, 3.63) is 0 Å². The highest BCUT2D eigenvalue weighted by Crippen LogP contribution is 2.19. The molecule has 0 aromatic rings. The molecular formula is C9H16N2O4. The van der Waals surface area contributed by atoms with Crippen molar-refractivity contribution < 1.29 is 19.4 Å². The fourth-order valence-corrected chi connectivity index (χ4v) is 1.40. The van der Waals surface area contributed by atoms with E-state index in [1.54, 1.807) is 13.8 Å². The van der Waals surface area contributed by atoms with E-state index in [2.05, 4.69) is 5.32 Å². The third-order valence-corrected chi connectivity index (χ3v) is 2.39. The summed E-state index contributed by atoms with van der Waals surface area (Å²) in [6.45, 7) is 4.20. The number of carbonyl (C=O) groups excluding carboxylic acids is 2. The standard InChI is InChI=1S/C9H16N2O4/c1-9(2)7(13)10-8(14)11(9)3-5-15-6-4-12/h12H,3-6H2,1-2H3,(H,10,13,14). The maximum absolute atomic E-state index is 11.4. The minimum atomic E-state index is -0.820. The molecule has 1 rings (SSSR count). The summed E-state index contributed by atoms with van der Waals surface area (Å²) in [5, 5.41) is 10.7. The van der Waals surface area contributed by atoms with Crippen LogP contribution in [0.2, 0.25) is 0 Å². The van der Waals surface area contributed by atoms with Crippen LogP contribution in [0.15, 0.2) is 0 Å². The Hall–Kier alpha value is -1.14. The van der Waals surface area contributed by atoms with Crippen molar-refractivity contribution in [2.45, 2.75) is 19.4 Å². The first-order valence-electron chi connectivity index (χ1n) is 4.82. The highest BCUT2D eigenvalue weighted by molar-refractivity contribution is 6.06. The van der Waals surface area contributed by atoms with Gasteiger partial charge in [-0.3, -0.25) is 10.1 Å². The molecule has 6 heteroatoms. The predicted molar refractivity (Wildman–Crippen MR) is 52.2 cm³/mol. The molecule has 0 unspecified atom stereocenters. The molecule has 0 radical (unpaired) electrons. The lowest BCUT2D eigenvalue weighted by molar-refractivity contribution is -0.125. The Bertz CT molecular complexity index is 265. The van der Waals surface area contributed by atoms with Gasteiger partial charge >= 0.3 is 6.03 Å². The highest BCUT2D eigenvalue weighted by atomic mass is 16.5. The second-order valence-electron chi connectivity index (χ2n) is 3.81. The van der Waals surface area contributed by atoms with Gasteiger partial charge in [0.1, 0.15) is 5.54 Å². The molecule has 1 saturated heterocycles. The van der Waals surface area contributed by atoms with Gasteiger partial charge in [0, 0.05) is 6.54 Å². The molecule has 6 nitrogen and oxygen atoms in total. The SMILES string of the molecule is CC1(C)C(=O)NC(=O)N1CCOCCO. The molecule has 1 heterocycles. The van der Waals surface area contributed by atoms with Crippen LogP contribution in [0.4, 0.5) is 4.79 Å². The van der Waals surface area contributed by atoms with Crippen LogP contribution in [0.3, 0.4) is 0 Å². The molecule has 2 N–H and O–H groups in total. The molecule has 1 aliphatic rings. The summed E-state index contributed by atoms with van der Waals surface area (Å²) in [6, 6.07) is -0.391. The maximum atomic E-state index is 11.4. The normalized spacial score (nSPS) is 19.5. The zero-order valence-electron chi connectivity index (χ0n) is 8.95. The molecule has 0 aliphatic carbocycles. The number of nitrogens with one attached hydrogen (secondary N) is 1. The van der Waals surface area contributed by atoms with Gasteiger partial charge in [-0.1, -0.05) is 0 Å². The number of carbonyl (C=O) groups is 2. The molecule has 1 aliphatic heterocycles. The summed E-state index contributed by atoms with van der Waals surface area (Å²) < 4.78 is 5.04. The van der Waals surface area contributed by atoms with Crippen LogP contribution in [-0.2, 0) is 9.53 Å². The van der Waals surface area contributed by atoms with Crippen LogP contribution in [-0.4, -0.2) is 53.8 Å². The van der Waals surface area contributed by atoms with Gasteiger partial charge in [0.15, 0.2) is 0 Å². The Kier molecular flexibility index (Phi) is 3.65. The molecule has 0 aromatic heterocycles. The average Bonchev–Trinajstić information content (AvgIpc) is 2.34. The van der Waals surface area contributed by atoms with Gasteiger partial charge in [0.05, 0.1) is 19.8 Å². The van der Waals surface area contributed by atoms with Crippen molar-refractivity contribution in [1.29, 1.82) is 0 Å². The summed E-state index contributed by atoms with van der Waals surface area (Å²) >= 11 is 0. The zero-order valence-corrected chi connectivity index (χ0v) is 8.95. The van der Waals surface area contributed by atoms with E-state index < -0.39 is 11.6 Å². The lowest BCUT2D eigenvalue weighted by Gasteiger charge is -2.27. The highest BCUT2D eigenvalue weighted by Gasteiger charge is 2.44. The van der Waals surface area contributed by atoms with Gasteiger partial charge in [-0.25, -0.2) is 4.79 Å². The molecule has 86 valence electrons. The Labute approximate surface area is 88.2 Å². The Morgan fingerprint density at radius 2 is 2.07 bits per heavy atom.